The van der Waals surface area contributed by atoms with Crippen LogP contribution in [0.15, 0.2) is 42.5 Å². The molecule has 2 N–H and O–H groups in total. The topological polar surface area (TPSA) is 79.9 Å². The van der Waals surface area contributed by atoms with Crippen molar-refractivity contribution < 1.29 is 19.1 Å². The van der Waals surface area contributed by atoms with E-state index in [1.54, 1.807) is 6.07 Å². The second kappa shape index (κ2) is 9.63. The molecule has 0 aromatic heterocycles. The van der Waals surface area contributed by atoms with Gasteiger partial charge in [0.2, 0.25) is 11.8 Å². The van der Waals surface area contributed by atoms with Crippen LogP contribution in [0.2, 0.25) is 0 Å². The molecular formula is C23H29N3O4. The summed E-state index contributed by atoms with van der Waals surface area (Å²) in [6.07, 6.45) is 0. The molecule has 0 fully saturated rings. The van der Waals surface area contributed by atoms with Crippen LogP contribution < -0.4 is 25.0 Å². The number of carbonyl (C=O) groups is 2. The van der Waals surface area contributed by atoms with E-state index in [-0.39, 0.29) is 24.4 Å². The van der Waals surface area contributed by atoms with Crippen LogP contribution in [0.5, 0.6) is 11.5 Å². The van der Waals surface area contributed by atoms with Gasteiger partial charge in [0.05, 0.1) is 30.6 Å². The molecular weight excluding hydrogens is 382 g/mol. The normalized spacial score (nSPS) is 15.1. The molecule has 7 nitrogen and oxygen atoms in total. The van der Waals surface area contributed by atoms with Gasteiger partial charge < -0.3 is 14.8 Å². The lowest BCUT2D eigenvalue weighted by atomic mass is 10.1. The third-order valence-electron chi connectivity index (χ3n) is 4.97. The molecule has 2 amide bonds. The van der Waals surface area contributed by atoms with Gasteiger partial charge in [-0.1, -0.05) is 18.2 Å². The standard InChI is InChI=1S/C23H29N3O4/c1-5-29-20-12-11-17(13-21(20)30-6-2)15(3)24-16(4)23(28)26-14-22(27)25-18-9-7-8-10-19(18)26/h7-13,15-16,24H,5-6,14H2,1-4H3,(H,25,27)/t15-,16-/m1/s1. The Balaban J connectivity index is 1.74. The molecule has 0 aliphatic carbocycles. The Morgan fingerprint density at radius 2 is 1.80 bits per heavy atom. The number of fused-ring (bicyclic) bond motifs is 1. The number of anilines is 2. The third-order valence-corrected chi connectivity index (χ3v) is 4.97. The molecule has 0 spiro atoms. The van der Waals surface area contributed by atoms with Crippen LogP contribution in [0.3, 0.4) is 0 Å². The third kappa shape index (κ3) is 4.74. The number of rotatable bonds is 8. The van der Waals surface area contributed by atoms with Gasteiger partial charge in [-0.25, -0.2) is 0 Å². The Hall–Kier alpha value is -3.06. The molecule has 30 heavy (non-hydrogen) atoms. The van der Waals surface area contributed by atoms with E-state index < -0.39 is 6.04 Å². The first-order valence-corrected chi connectivity index (χ1v) is 10.3. The van der Waals surface area contributed by atoms with Crippen molar-refractivity contribution in [3.63, 3.8) is 0 Å². The fourth-order valence-corrected chi connectivity index (χ4v) is 3.54. The van der Waals surface area contributed by atoms with Crippen molar-refractivity contribution >= 4 is 23.2 Å². The highest BCUT2D eigenvalue weighted by Gasteiger charge is 2.30. The van der Waals surface area contributed by atoms with E-state index in [2.05, 4.69) is 10.6 Å². The van der Waals surface area contributed by atoms with E-state index in [9.17, 15) is 9.59 Å². The number of nitrogens with one attached hydrogen (secondary N) is 2. The van der Waals surface area contributed by atoms with Crippen LogP contribution in [-0.4, -0.2) is 37.6 Å². The van der Waals surface area contributed by atoms with Crippen molar-refractivity contribution in [1.82, 2.24) is 5.32 Å². The number of ether oxygens (including phenoxy) is 2. The van der Waals surface area contributed by atoms with E-state index in [1.807, 2.05) is 64.1 Å². The van der Waals surface area contributed by atoms with Crippen molar-refractivity contribution in [3.8, 4) is 11.5 Å². The largest absolute Gasteiger partial charge is 0.490 e. The van der Waals surface area contributed by atoms with Crippen LogP contribution in [0, 0.1) is 0 Å². The maximum atomic E-state index is 13.1. The second-order valence-corrected chi connectivity index (χ2v) is 7.17. The maximum Gasteiger partial charge on any atom is 0.244 e. The van der Waals surface area contributed by atoms with Gasteiger partial charge in [0.25, 0.3) is 0 Å². The molecule has 0 bridgehead atoms. The number of benzene rings is 2. The van der Waals surface area contributed by atoms with Gasteiger partial charge in [-0.05, 0) is 57.5 Å². The fourth-order valence-electron chi connectivity index (χ4n) is 3.54. The lowest BCUT2D eigenvalue weighted by Gasteiger charge is -2.32. The second-order valence-electron chi connectivity index (χ2n) is 7.17. The molecule has 2 aromatic rings. The lowest BCUT2D eigenvalue weighted by Crippen LogP contribution is -2.50. The Morgan fingerprint density at radius 3 is 2.53 bits per heavy atom. The molecule has 0 saturated heterocycles. The first-order chi connectivity index (χ1) is 14.4. The van der Waals surface area contributed by atoms with Gasteiger partial charge in [-0.3, -0.25) is 19.8 Å². The fraction of sp³-hybridized carbons (Fsp3) is 0.391. The molecule has 1 aliphatic rings. The van der Waals surface area contributed by atoms with Crippen LogP contribution in [-0.2, 0) is 9.59 Å². The summed E-state index contributed by atoms with van der Waals surface area (Å²) in [5.41, 5.74) is 2.34. The molecule has 0 unspecified atom stereocenters. The number of nitrogens with zero attached hydrogens (tertiary/aromatic N) is 1. The summed E-state index contributed by atoms with van der Waals surface area (Å²) in [5, 5.41) is 6.15. The maximum absolute atomic E-state index is 13.1. The molecule has 1 heterocycles. The molecule has 160 valence electrons. The average molecular weight is 412 g/mol. The van der Waals surface area contributed by atoms with Gasteiger partial charge in [0.1, 0.15) is 6.54 Å². The first kappa shape index (κ1) is 21.6. The summed E-state index contributed by atoms with van der Waals surface area (Å²) in [6, 6.07) is 12.5. The SMILES string of the molecule is CCOc1ccc([C@@H](C)N[C@H](C)C(=O)N2CC(=O)Nc3ccccc32)cc1OCC. The highest BCUT2D eigenvalue weighted by molar-refractivity contribution is 6.11. The zero-order valence-electron chi connectivity index (χ0n) is 17.9. The van der Waals surface area contributed by atoms with Crippen molar-refractivity contribution in [3.05, 3.63) is 48.0 Å². The predicted molar refractivity (Wildman–Crippen MR) is 117 cm³/mol. The minimum Gasteiger partial charge on any atom is -0.490 e. The first-order valence-electron chi connectivity index (χ1n) is 10.3. The Labute approximate surface area is 177 Å². The number of carbonyl (C=O) groups excluding carboxylic acids is 2. The summed E-state index contributed by atoms with van der Waals surface area (Å²) in [6.45, 7) is 8.77. The van der Waals surface area contributed by atoms with Crippen molar-refractivity contribution in [2.45, 2.75) is 39.8 Å². The van der Waals surface area contributed by atoms with E-state index >= 15 is 0 Å². The van der Waals surface area contributed by atoms with E-state index in [4.69, 9.17) is 9.47 Å². The van der Waals surface area contributed by atoms with Gasteiger partial charge in [-0.2, -0.15) is 0 Å². The van der Waals surface area contributed by atoms with Crippen LogP contribution >= 0.6 is 0 Å². The Bertz CT molecular complexity index is 915. The zero-order valence-corrected chi connectivity index (χ0v) is 17.9. The van der Waals surface area contributed by atoms with Crippen molar-refractivity contribution in [2.75, 3.05) is 30.0 Å². The van der Waals surface area contributed by atoms with Crippen LogP contribution in [0.4, 0.5) is 11.4 Å². The monoisotopic (exact) mass is 411 g/mol. The van der Waals surface area contributed by atoms with Crippen molar-refractivity contribution in [1.29, 1.82) is 0 Å². The average Bonchev–Trinajstić information content (AvgIpc) is 2.74. The summed E-state index contributed by atoms with van der Waals surface area (Å²) in [5.74, 6) is 1.04. The van der Waals surface area contributed by atoms with Crippen LogP contribution in [0.1, 0.15) is 39.3 Å². The smallest absolute Gasteiger partial charge is 0.244 e. The molecule has 1 aliphatic heterocycles. The highest BCUT2D eigenvalue weighted by atomic mass is 16.5. The van der Waals surface area contributed by atoms with Gasteiger partial charge in [0, 0.05) is 6.04 Å². The minimum absolute atomic E-state index is 0.00773. The summed E-state index contributed by atoms with van der Waals surface area (Å²) in [7, 11) is 0. The van der Waals surface area contributed by atoms with Crippen molar-refractivity contribution in [2.24, 2.45) is 0 Å². The molecule has 0 saturated carbocycles. The van der Waals surface area contributed by atoms with Gasteiger partial charge >= 0.3 is 0 Å². The zero-order chi connectivity index (χ0) is 21.7. The molecule has 0 radical (unpaired) electrons. The summed E-state index contributed by atoms with van der Waals surface area (Å²) < 4.78 is 11.3. The highest BCUT2D eigenvalue weighted by Crippen LogP contribution is 2.32. The lowest BCUT2D eigenvalue weighted by molar-refractivity contribution is -0.123. The minimum atomic E-state index is -0.485. The molecule has 3 rings (SSSR count). The van der Waals surface area contributed by atoms with E-state index in [0.29, 0.717) is 36.1 Å². The molecule has 7 heteroatoms. The number of hydrogen-bond donors (Lipinski definition) is 2. The summed E-state index contributed by atoms with van der Waals surface area (Å²) >= 11 is 0. The van der Waals surface area contributed by atoms with Crippen LogP contribution in [0.25, 0.3) is 0 Å². The molecule has 2 aromatic carbocycles. The Morgan fingerprint density at radius 1 is 1.10 bits per heavy atom. The number of para-hydroxylation sites is 2. The van der Waals surface area contributed by atoms with E-state index in [0.717, 1.165) is 5.56 Å². The number of amides is 2. The number of hydrogen-bond acceptors (Lipinski definition) is 5. The predicted octanol–water partition coefficient (Wildman–Crippen LogP) is 3.51. The van der Waals surface area contributed by atoms with E-state index in [1.165, 1.54) is 4.90 Å². The molecule has 2 atom stereocenters. The summed E-state index contributed by atoms with van der Waals surface area (Å²) in [4.78, 5) is 26.7. The van der Waals surface area contributed by atoms with Gasteiger partial charge in [-0.15, -0.1) is 0 Å². The van der Waals surface area contributed by atoms with Gasteiger partial charge in [0.15, 0.2) is 11.5 Å². The Kier molecular flexibility index (Phi) is 6.95. The quantitative estimate of drug-likeness (QED) is 0.695.